The van der Waals surface area contributed by atoms with Gasteiger partial charge in [0.25, 0.3) is 0 Å². The summed E-state index contributed by atoms with van der Waals surface area (Å²) in [6, 6.07) is 17.6. The number of hydrogen-bond donors (Lipinski definition) is 0. The highest BCUT2D eigenvalue weighted by Gasteiger charge is 2.37. The van der Waals surface area contributed by atoms with Gasteiger partial charge in [0, 0.05) is 6.42 Å². The minimum Gasteiger partial charge on any atom is -0.459 e. The summed E-state index contributed by atoms with van der Waals surface area (Å²) in [6.07, 6.45) is -0.387. The molecule has 1 aliphatic heterocycles. The molecule has 0 spiro atoms. The first-order valence-corrected chi connectivity index (χ1v) is 8.27. The fourth-order valence-corrected chi connectivity index (χ4v) is 2.79. The average Bonchev–Trinajstić information content (AvgIpc) is 3.00. The van der Waals surface area contributed by atoms with Crippen molar-refractivity contribution in [3.05, 3.63) is 71.8 Å². The number of ether oxygens (including phenoxy) is 3. The second-order valence-corrected chi connectivity index (χ2v) is 6.00. The number of carbonyl (C=O) groups excluding carboxylic acids is 2. The van der Waals surface area contributed by atoms with Crippen LogP contribution in [-0.4, -0.2) is 36.9 Å². The molecule has 1 fully saturated rings. The summed E-state index contributed by atoms with van der Waals surface area (Å²) in [4.78, 5) is 24.3. The molecule has 0 bridgehead atoms. The fourth-order valence-electron chi connectivity index (χ4n) is 2.79. The summed E-state index contributed by atoms with van der Waals surface area (Å²) in [5, 5.41) is 0. The first-order valence-electron chi connectivity index (χ1n) is 8.27. The predicted molar refractivity (Wildman–Crippen MR) is 91.3 cm³/mol. The standard InChI is InChI=1S/C20H20O5/c1-14-12-17(25-20(22)16-10-6-3-7-11-16)18(24-14)13-23-19(21)15-8-4-2-5-9-15/h2-11,14,17-18H,12-13H2,1H3/t14?,17-,18-/m1/s1. The van der Waals surface area contributed by atoms with Gasteiger partial charge in [-0.3, -0.25) is 0 Å². The van der Waals surface area contributed by atoms with Gasteiger partial charge >= 0.3 is 11.9 Å². The van der Waals surface area contributed by atoms with Crippen LogP contribution in [0.5, 0.6) is 0 Å². The van der Waals surface area contributed by atoms with E-state index in [4.69, 9.17) is 14.2 Å². The molecule has 5 nitrogen and oxygen atoms in total. The van der Waals surface area contributed by atoms with Gasteiger partial charge in [-0.1, -0.05) is 36.4 Å². The summed E-state index contributed by atoms with van der Waals surface area (Å²) in [7, 11) is 0. The van der Waals surface area contributed by atoms with Gasteiger partial charge in [-0.25, -0.2) is 9.59 Å². The highest BCUT2D eigenvalue weighted by atomic mass is 16.6. The molecule has 3 atom stereocenters. The molecular weight excluding hydrogens is 320 g/mol. The van der Waals surface area contributed by atoms with Crippen molar-refractivity contribution in [1.29, 1.82) is 0 Å². The van der Waals surface area contributed by atoms with Crippen LogP contribution in [0.1, 0.15) is 34.1 Å². The molecule has 3 rings (SSSR count). The Bertz CT molecular complexity index is 713. The van der Waals surface area contributed by atoms with E-state index >= 15 is 0 Å². The van der Waals surface area contributed by atoms with Crippen LogP contribution in [0, 0.1) is 0 Å². The van der Waals surface area contributed by atoms with Gasteiger partial charge in [0.1, 0.15) is 18.8 Å². The Morgan fingerprint density at radius 1 is 0.960 bits per heavy atom. The highest BCUT2D eigenvalue weighted by Crippen LogP contribution is 2.24. The van der Waals surface area contributed by atoms with Crippen molar-refractivity contribution < 1.29 is 23.8 Å². The molecule has 0 saturated carbocycles. The van der Waals surface area contributed by atoms with Gasteiger partial charge < -0.3 is 14.2 Å². The molecule has 1 saturated heterocycles. The van der Waals surface area contributed by atoms with E-state index < -0.39 is 24.1 Å². The van der Waals surface area contributed by atoms with Gasteiger partial charge in [-0.15, -0.1) is 0 Å². The van der Waals surface area contributed by atoms with Gasteiger partial charge in [0.05, 0.1) is 17.2 Å². The van der Waals surface area contributed by atoms with Crippen LogP contribution in [0.15, 0.2) is 60.7 Å². The molecule has 1 unspecified atom stereocenters. The molecule has 1 aliphatic rings. The third-order valence-corrected chi connectivity index (χ3v) is 4.04. The highest BCUT2D eigenvalue weighted by molar-refractivity contribution is 5.90. The monoisotopic (exact) mass is 340 g/mol. The zero-order valence-electron chi connectivity index (χ0n) is 14.0. The molecule has 0 N–H and O–H groups in total. The fraction of sp³-hybridized carbons (Fsp3) is 0.300. The first-order chi connectivity index (χ1) is 12.1. The third kappa shape index (κ3) is 4.45. The van der Waals surface area contributed by atoms with Crippen LogP contribution in [0.25, 0.3) is 0 Å². The Morgan fingerprint density at radius 3 is 2.12 bits per heavy atom. The van der Waals surface area contributed by atoms with Crippen LogP contribution in [0.4, 0.5) is 0 Å². The first kappa shape index (κ1) is 17.2. The maximum absolute atomic E-state index is 12.2. The van der Waals surface area contributed by atoms with Gasteiger partial charge in [0.15, 0.2) is 0 Å². The molecule has 0 amide bonds. The largest absolute Gasteiger partial charge is 0.459 e. The van der Waals surface area contributed by atoms with Gasteiger partial charge in [-0.2, -0.15) is 0 Å². The molecule has 2 aromatic rings. The lowest BCUT2D eigenvalue weighted by atomic mass is 10.1. The van der Waals surface area contributed by atoms with Crippen molar-refractivity contribution in [3.63, 3.8) is 0 Å². The summed E-state index contributed by atoms with van der Waals surface area (Å²) in [6.45, 7) is 1.95. The number of rotatable bonds is 5. The van der Waals surface area contributed by atoms with E-state index in [1.807, 2.05) is 19.1 Å². The van der Waals surface area contributed by atoms with E-state index in [1.54, 1.807) is 48.5 Å². The van der Waals surface area contributed by atoms with Crippen LogP contribution in [0.3, 0.4) is 0 Å². The van der Waals surface area contributed by atoms with E-state index in [2.05, 4.69) is 0 Å². The molecule has 1 heterocycles. The molecule has 0 radical (unpaired) electrons. The molecule has 25 heavy (non-hydrogen) atoms. The molecule has 130 valence electrons. The zero-order valence-corrected chi connectivity index (χ0v) is 14.0. The Balaban J connectivity index is 1.58. The summed E-state index contributed by atoms with van der Waals surface area (Å²) in [5.74, 6) is -0.820. The average molecular weight is 340 g/mol. The van der Waals surface area contributed by atoms with E-state index in [9.17, 15) is 9.59 Å². The number of esters is 2. The molecule has 0 aromatic heterocycles. The molecule has 5 heteroatoms. The number of carbonyl (C=O) groups is 2. The van der Waals surface area contributed by atoms with E-state index in [0.29, 0.717) is 17.5 Å². The van der Waals surface area contributed by atoms with E-state index in [-0.39, 0.29) is 12.7 Å². The smallest absolute Gasteiger partial charge is 0.338 e. The lowest BCUT2D eigenvalue weighted by Crippen LogP contribution is -2.32. The normalized spacial score (nSPS) is 22.4. The second-order valence-electron chi connectivity index (χ2n) is 6.00. The van der Waals surface area contributed by atoms with E-state index in [0.717, 1.165) is 0 Å². The summed E-state index contributed by atoms with van der Waals surface area (Å²) >= 11 is 0. The number of hydrogen-bond acceptors (Lipinski definition) is 5. The Labute approximate surface area is 146 Å². The quantitative estimate of drug-likeness (QED) is 0.782. The molecule has 0 aliphatic carbocycles. The van der Waals surface area contributed by atoms with E-state index in [1.165, 1.54) is 0 Å². The van der Waals surface area contributed by atoms with Crippen molar-refractivity contribution in [3.8, 4) is 0 Å². The van der Waals surface area contributed by atoms with Crippen LogP contribution in [-0.2, 0) is 14.2 Å². The Morgan fingerprint density at radius 2 is 1.52 bits per heavy atom. The summed E-state index contributed by atoms with van der Waals surface area (Å²) in [5.41, 5.74) is 0.966. The van der Waals surface area contributed by atoms with Gasteiger partial charge in [-0.05, 0) is 31.2 Å². The Kier molecular flexibility index (Phi) is 5.46. The maximum Gasteiger partial charge on any atom is 0.338 e. The van der Waals surface area contributed by atoms with Gasteiger partial charge in [0.2, 0.25) is 0 Å². The zero-order chi connectivity index (χ0) is 17.6. The third-order valence-electron chi connectivity index (χ3n) is 4.04. The molecular formula is C20H20O5. The summed E-state index contributed by atoms with van der Waals surface area (Å²) < 4.78 is 16.6. The molecule has 2 aromatic carbocycles. The lowest BCUT2D eigenvalue weighted by Gasteiger charge is -2.19. The predicted octanol–water partition coefficient (Wildman–Crippen LogP) is 3.25. The lowest BCUT2D eigenvalue weighted by molar-refractivity contribution is -0.0394. The van der Waals surface area contributed by atoms with Crippen molar-refractivity contribution >= 4 is 11.9 Å². The van der Waals surface area contributed by atoms with Crippen molar-refractivity contribution in [2.75, 3.05) is 6.61 Å². The van der Waals surface area contributed by atoms with Crippen molar-refractivity contribution in [1.82, 2.24) is 0 Å². The second kappa shape index (κ2) is 7.94. The minimum absolute atomic E-state index is 0.0464. The SMILES string of the molecule is CC1C[C@@H](OC(=O)c2ccccc2)[C@@H](COC(=O)c2ccccc2)O1. The van der Waals surface area contributed by atoms with Crippen LogP contribution in [0.2, 0.25) is 0 Å². The van der Waals surface area contributed by atoms with Crippen LogP contribution < -0.4 is 0 Å². The topological polar surface area (TPSA) is 61.8 Å². The number of benzene rings is 2. The van der Waals surface area contributed by atoms with Crippen molar-refractivity contribution in [2.45, 2.75) is 31.7 Å². The minimum atomic E-state index is -0.463. The maximum atomic E-state index is 12.2. The Hall–Kier alpha value is -2.66. The van der Waals surface area contributed by atoms with Crippen molar-refractivity contribution in [2.24, 2.45) is 0 Å². The van der Waals surface area contributed by atoms with Crippen LogP contribution >= 0.6 is 0 Å².